The number of halogens is 1. The summed E-state index contributed by atoms with van der Waals surface area (Å²) in [5, 5.41) is 0.544. The van der Waals surface area contributed by atoms with Crippen LogP contribution in [0.5, 0.6) is 0 Å². The smallest absolute Gasteiger partial charge is 0.215 e. The third kappa shape index (κ3) is 2.17. The summed E-state index contributed by atoms with van der Waals surface area (Å²) in [6.07, 6.45) is 3.58. The highest BCUT2D eigenvalue weighted by atomic mass is 35.5. The minimum atomic E-state index is -0.0832. The van der Waals surface area contributed by atoms with E-state index >= 15 is 0 Å². The van der Waals surface area contributed by atoms with E-state index < -0.39 is 0 Å². The molecule has 0 amide bonds. The fourth-order valence-electron chi connectivity index (χ4n) is 1.85. The second kappa shape index (κ2) is 4.27. The first-order valence-electron chi connectivity index (χ1n) is 5.23. The quantitative estimate of drug-likeness (QED) is 0.728. The Kier molecular flexibility index (Phi) is 3.00. The van der Waals surface area contributed by atoms with E-state index in [1.165, 1.54) is 13.3 Å². The van der Waals surface area contributed by atoms with Crippen molar-refractivity contribution in [1.82, 2.24) is 0 Å². The van der Waals surface area contributed by atoms with Gasteiger partial charge in [0.25, 0.3) is 0 Å². The van der Waals surface area contributed by atoms with Gasteiger partial charge in [-0.2, -0.15) is 0 Å². The highest BCUT2D eigenvalue weighted by Crippen LogP contribution is 2.31. The molecular formula is C11H14ClNO2. The minimum Gasteiger partial charge on any atom is -0.436 e. The maximum Gasteiger partial charge on any atom is 0.215 e. The number of hydrogen-bond donors (Lipinski definition) is 0. The van der Waals surface area contributed by atoms with Gasteiger partial charge in [0, 0.05) is 26.1 Å². The monoisotopic (exact) mass is 227 g/mol. The fourth-order valence-corrected chi connectivity index (χ4v) is 2.10. The molecular weight excluding hydrogens is 214 g/mol. The fraction of sp³-hybridized carbons (Fsp3) is 0.545. The normalized spacial score (nSPS) is 16.8. The van der Waals surface area contributed by atoms with Gasteiger partial charge in [-0.05, 0) is 19.3 Å². The summed E-state index contributed by atoms with van der Waals surface area (Å²) in [6, 6.07) is 1.60. The van der Waals surface area contributed by atoms with Crippen LogP contribution < -0.4 is 4.90 Å². The van der Waals surface area contributed by atoms with E-state index in [4.69, 9.17) is 16.0 Å². The maximum absolute atomic E-state index is 11.1. The van der Waals surface area contributed by atoms with Gasteiger partial charge < -0.3 is 9.32 Å². The lowest BCUT2D eigenvalue weighted by Gasteiger charge is -2.26. The lowest BCUT2D eigenvalue weighted by Crippen LogP contribution is -2.29. The summed E-state index contributed by atoms with van der Waals surface area (Å²) >= 11 is 6.03. The number of nitrogens with zero attached hydrogens (tertiary/aromatic N) is 1. The molecule has 2 rings (SSSR count). The van der Waals surface area contributed by atoms with Crippen molar-refractivity contribution >= 4 is 23.3 Å². The van der Waals surface area contributed by atoms with Crippen LogP contribution in [0.25, 0.3) is 0 Å². The Morgan fingerprint density at radius 1 is 1.40 bits per heavy atom. The minimum absolute atomic E-state index is 0.0832. The molecule has 82 valence electrons. The van der Waals surface area contributed by atoms with Crippen LogP contribution in [-0.4, -0.2) is 18.9 Å². The van der Waals surface area contributed by atoms with Gasteiger partial charge in [0.15, 0.2) is 11.5 Å². The van der Waals surface area contributed by atoms with E-state index in [2.05, 4.69) is 4.90 Å². The number of rotatable bonds is 2. The molecule has 0 saturated carbocycles. The van der Waals surface area contributed by atoms with Crippen molar-refractivity contribution in [2.75, 3.05) is 18.0 Å². The van der Waals surface area contributed by atoms with Crippen LogP contribution in [0.2, 0.25) is 5.02 Å². The highest BCUT2D eigenvalue weighted by Gasteiger charge is 2.19. The predicted octanol–water partition coefficient (Wildman–Crippen LogP) is 3.13. The van der Waals surface area contributed by atoms with Crippen molar-refractivity contribution in [3.63, 3.8) is 0 Å². The first-order chi connectivity index (χ1) is 7.18. The Morgan fingerprint density at radius 2 is 2.07 bits per heavy atom. The van der Waals surface area contributed by atoms with Crippen LogP contribution in [0.3, 0.4) is 0 Å². The Hall–Kier alpha value is -0.960. The van der Waals surface area contributed by atoms with E-state index in [9.17, 15) is 4.79 Å². The van der Waals surface area contributed by atoms with Gasteiger partial charge in [0.05, 0.1) is 0 Å². The molecule has 1 aromatic rings. The summed E-state index contributed by atoms with van der Waals surface area (Å²) in [5.41, 5.74) is 0. The van der Waals surface area contributed by atoms with Gasteiger partial charge >= 0.3 is 0 Å². The van der Waals surface area contributed by atoms with Crippen molar-refractivity contribution < 1.29 is 9.21 Å². The van der Waals surface area contributed by atoms with Crippen molar-refractivity contribution in [2.45, 2.75) is 26.2 Å². The predicted molar refractivity (Wildman–Crippen MR) is 59.8 cm³/mol. The summed E-state index contributed by atoms with van der Waals surface area (Å²) in [6.45, 7) is 3.41. The zero-order valence-electron chi connectivity index (χ0n) is 8.75. The average Bonchev–Trinajstić information content (AvgIpc) is 2.62. The number of anilines is 1. The SMILES string of the molecule is CC(=O)c1cc(Cl)c(N2CCCCC2)o1. The molecule has 3 nitrogen and oxygen atoms in total. The Balaban J connectivity index is 2.22. The maximum atomic E-state index is 11.1. The molecule has 4 heteroatoms. The van der Waals surface area contributed by atoms with Crippen LogP contribution in [0.15, 0.2) is 10.5 Å². The van der Waals surface area contributed by atoms with Crippen LogP contribution in [0, 0.1) is 0 Å². The molecule has 1 aliphatic rings. The number of ketones is 1. The van der Waals surface area contributed by atoms with E-state index in [1.54, 1.807) is 6.07 Å². The third-order valence-corrected chi connectivity index (χ3v) is 2.93. The van der Waals surface area contributed by atoms with Gasteiger partial charge in [0.1, 0.15) is 5.02 Å². The highest BCUT2D eigenvalue weighted by molar-refractivity contribution is 6.33. The number of Topliss-reactive ketones (excluding diaryl/α,β-unsaturated/α-hetero) is 1. The number of carbonyl (C=O) groups excluding carboxylic acids is 1. The number of carbonyl (C=O) groups is 1. The first kappa shape index (κ1) is 10.6. The molecule has 0 radical (unpaired) electrons. The molecule has 1 saturated heterocycles. The standard InChI is InChI=1S/C11H14ClNO2/c1-8(14)10-7-9(12)11(15-10)13-5-3-2-4-6-13/h7H,2-6H2,1H3. The van der Waals surface area contributed by atoms with Crippen LogP contribution in [-0.2, 0) is 0 Å². The molecule has 0 atom stereocenters. The molecule has 1 fully saturated rings. The molecule has 2 heterocycles. The van der Waals surface area contributed by atoms with Crippen molar-refractivity contribution in [3.05, 3.63) is 16.8 Å². The Bertz CT molecular complexity index is 367. The van der Waals surface area contributed by atoms with Gasteiger partial charge in [-0.1, -0.05) is 11.6 Å². The summed E-state index contributed by atoms with van der Waals surface area (Å²) < 4.78 is 5.46. The second-order valence-corrected chi connectivity index (χ2v) is 4.27. The van der Waals surface area contributed by atoms with Gasteiger partial charge in [-0.3, -0.25) is 4.79 Å². The lowest BCUT2D eigenvalue weighted by molar-refractivity contribution is 0.0987. The third-order valence-electron chi connectivity index (χ3n) is 2.66. The Morgan fingerprint density at radius 3 is 2.60 bits per heavy atom. The van der Waals surface area contributed by atoms with Crippen molar-refractivity contribution in [1.29, 1.82) is 0 Å². The molecule has 1 aromatic heterocycles. The Labute approximate surface area is 94.0 Å². The van der Waals surface area contributed by atoms with Crippen LogP contribution in [0.1, 0.15) is 36.7 Å². The second-order valence-electron chi connectivity index (χ2n) is 3.87. The van der Waals surface area contributed by atoms with Gasteiger partial charge in [-0.15, -0.1) is 0 Å². The summed E-state index contributed by atoms with van der Waals surface area (Å²) in [7, 11) is 0. The first-order valence-corrected chi connectivity index (χ1v) is 5.61. The number of piperidine rings is 1. The molecule has 0 N–H and O–H groups in total. The summed E-state index contributed by atoms with van der Waals surface area (Å²) in [5.74, 6) is 0.919. The van der Waals surface area contributed by atoms with Gasteiger partial charge in [-0.25, -0.2) is 0 Å². The number of furan rings is 1. The van der Waals surface area contributed by atoms with Crippen LogP contribution >= 0.6 is 11.6 Å². The van der Waals surface area contributed by atoms with E-state index in [-0.39, 0.29) is 5.78 Å². The van der Waals surface area contributed by atoms with Gasteiger partial charge in [0.2, 0.25) is 5.88 Å². The molecule has 0 aromatic carbocycles. The average molecular weight is 228 g/mol. The van der Waals surface area contributed by atoms with Crippen molar-refractivity contribution in [2.24, 2.45) is 0 Å². The zero-order valence-corrected chi connectivity index (χ0v) is 9.51. The number of hydrogen-bond acceptors (Lipinski definition) is 3. The van der Waals surface area contributed by atoms with E-state index in [0.717, 1.165) is 25.9 Å². The molecule has 0 spiro atoms. The largest absolute Gasteiger partial charge is 0.436 e. The van der Waals surface area contributed by atoms with E-state index in [1.807, 2.05) is 0 Å². The molecule has 15 heavy (non-hydrogen) atoms. The summed E-state index contributed by atoms with van der Waals surface area (Å²) in [4.78, 5) is 13.2. The topological polar surface area (TPSA) is 33.5 Å². The lowest BCUT2D eigenvalue weighted by atomic mass is 10.1. The van der Waals surface area contributed by atoms with E-state index in [0.29, 0.717) is 16.7 Å². The molecule has 1 aliphatic heterocycles. The molecule has 0 aliphatic carbocycles. The van der Waals surface area contributed by atoms with Crippen molar-refractivity contribution in [3.8, 4) is 0 Å². The zero-order chi connectivity index (χ0) is 10.8. The molecule has 0 bridgehead atoms. The molecule has 0 unspecified atom stereocenters. The van der Waals surface area contributed by atoms with Crippen LogP contribution in [0.4, 0.5) is 5.88 Å².